The van der Waals surface area contributed by atoms with Gasteiger partial charge < -0.3 is 5.32 Å². The van der Waals surface area contributed by atoms with Crippen molar-refractivity contribution < 1.29 is 14.0 Å². The Balaban J connectivity index is 1.77. The van der Waals surface area contributed by atoms with Crippen molar-refractivity contribution in [3.05, 3.63) is 63.5 Å². The number of amides is 2. The summed E-state index contributed by atoms with van der Waals surface area (Å²) in [5.74, 6) is -1.26. The van der Waals surface area contributed by atoms with Gasteiger partial charge in [0.25, 0.3) is 5.91 Å². The van der Waals surface area contributed by atoms with Crippen LogP contribution >= 0.6 is 22.9 Å². The number of carbonyl (C=O) groups is 2. The zero-order valence-corrected chi connectivity index (χ0v) is 17.1. The van der Waals surface area contributed by atoms with Crippen LogP contribution in [0.15, 0.2) is 47.2 Å². The number of benzene rings is 1. The molecule has 2 aromatic heterocycles. The lowest BCUT2D eigenvalue weighted by molar-refractivity contribution is -0.123. The van der Waals surface area contributed by atoms with Crippen molar-refractivity contribution in [1.29, 1.82) is 0 Å². The Labute approximate surface area is 175 Å². The third kappa shape index (κ3) is 4.35. The van der Waals surface area contributed by atoms with Gasteiger partial charge in [-0.2, -0.15) is 0 Å². The van der Waals surface area contributed by atoms with Gasteiger partial charge in [0.2, 0.25) is 5.91 Å². The number of hydrogen-bond acceptors (Lipinski definition) is 6. The van der Waals surface area contributed by atoms with Gasteiger partial charge in [0, 0.05) is 22.0 Å². The summed E-state index contributed by atoms with van der Waals surface area (Å²) in [5, 5.41) is 10.3. The summed E-state index contributed by atoms with van der Waals surface area (Å²) in [6.45, 7) is 0. The lowest BCUT2D eigenvalue weighted by Gasteiger charge is -2.31. The molecule has 0 saturated heterocycles. The molecule has 1 unspecified atom stereocenters. The first-order chi connectivity index (χ1) is 14.1. The van der Waals surface area contributed by atoms with Crippen molar-refractivity contribution in [2.24, 2.45) is 0 Å². The van der Waals surface area contributed by atoms with Crippen LogP contribution in [0.5, 0.6) is 0 Å². The largest absolute Gasteiger partial charge is 0.351 e. The molecule has 0 aliphatic heterocycles. The molecule has 2 heterocycles. The van der Waals surface area contributed by atoms with E-state index in [1.807, 2.05) is 17.5 Å². The van der Waals surface area contributed by atoms with Crippen LogP contribution in [-0.4, -0.2) is 27.4 Å². The van der Waals surface area contributed by atoms with Gasteiger partial charge in [0.15, 0.2) is 11.7 Å². The van der Waals surface area contributed by atoms with Crippen LogP contribution in [0.25, 0.3) is 0 Å². The molecule has 1 saturated carbocycles. The Kier molecular flexibility index (Phi) is 5.96. The minimum Gasteiger partial charge on any atom is -0.351 e. The molecule has 29 heavy (non-hydrogen) atoms. The zero-order chi connectivity index (χ0) is 20.2. The van der Waals surface area contributed by atoms with Crippen molar-refractivity contribution in [2.75, 3.05) is 4.90 Å². The quantitative estimate of drug-likeness (QED) is 0.636. The van der Waals surface area contributed by atoms with Gasteiger partial charge in [-0.15, -0.1) is 16.4 Å². The van der Waals surface area contributed by atoms with Crippen LogP contribution in [0.2, 0.25) is 0 Å². The molecule has 1 atom stereocenters. The van der Waals surface area contributed by atoms with E-state index in [1.54, 1.807) is 6.07 Å². The summed E-state index contributed by atoms with van der Waals surface area (Å²) in [4.78, 5) is 28.7. The van der Waals surface area contributed by atoms with Crippen LogP contribution in [0.1, 0.15) is 47.1 Å². The minimum atomic E-state index is -0.924. The first-order valence-electron chi connectivity index (χ1n) is 9.33. The fourth-order valence-electron chi connectivity index (χ4n) is 3.56. The normalized spacial score (nSPS) is 15.2. The van der Waals surface area contributed by atoms with Gasteiger partial charge in [-0.3, -0.25) is 14.5 Å². The van der Waals surface area contributed by atoms with E-state index in [-0.39, 0.29) is 17.6 Å². The number of anilines is 1. The second kappa shape index (κ2) is 8.79. The number of aromatic nitrogens is 2. The maximum absolute atomic E-state index is 14.0. The van der Waals surface area contributed by atoms with Gasteiger partial charge in [0.1, 0.15) is 5.82 Å². The van der Waals surface area contributed by atoms with E-state index in [9.17, 15) is 14.0 Å². The molecule has 9 heteroatoms. The Hall–Kier alpha value is -2.65. The number of nitrogens with one attached hydrogen (secondary N) is 1. The number of halogens is 1. The highest BCUT2D eigenvalue weighted by Gasteiger charge is 2.36. The van der Waals surface area contributed by atoms with Crippen LogP contribution in [0.4, 0.5) is 10.1 Å². The molecule has 4 rings (SSSR count). The molecule has 6 nitrogen and oxygen atoms in total. The average molecular weight is 431 g/mol. The van der Waals surface area contributed by atoms with Gasteiger partial charge in [-0.05, 0) is 54.0 Å². The Bertz CT molecular complexity index is 972. The lowest BCUT2D eigenvalue weighted by Crippen LogP contribution is -2.46. The third-order valence-electron chi connectivity index (χ3n) is 4.91. The van der Waals surface area contributed by atoms with Gasteiger partial charge in [-0.1, -0.05) is 29.5 Å². The topological polar surface area (TPSA) is 75.2 Å². The van der Waals surface area contributed by atoms with Gasteiger partial charge >= 0.3 is 0 Å². The summed E-state index contributed by atoms with van der Waals surface area (Å²) in [5.41, 5.74) is 0.414. The Morgan fingerprint density at radius 3 is 2.69 bits per heavy atom. The molecule has 0 radical (unpaired) electrons. The zero-order valence-electron chi connectivity index (χ0n) is 15.5. The first kappa shape index (κ1) is 19.7. The fourth-order valence-corrected chi connectivity index (χ4v) is 4.80. The second-order valence-electron chi connectivity index (χ2n) is 6.85. The molecular formula is C20H19FN4O2S2. The maximum Gasteiger partial charge on any atom is 0.280 e. The van der Waals surface area contributed by atoms with Crippen molar-refractivity contribution in [3.8, 4) is 0 Å². The standard InChI is InChI=1S/C20H19FN4O2S2/c21-13-5-3-8-15(11-13)25(20(27)16-12-29-24-23-16)18(17-9-4-10-28-17)19(26)22-14-6-1-2-7-14/h3-5,8-12,14,18H,1-2,6-7H2,(H,22,26). The summed E-state index contributed by atoms with van der Waals surface area (Å²) < 4.78 is 17.8. The van der Waals surface area contributed by atoms with E-state index in [1.165, 1.54) is 39.8 Å². The average Bonchev–Trinajstić information content (AvgIpc) is 3.49. The molecule has 0 spiro atoms. The number of nitrogens with zero attached hydrogens (tertiary/aromatic N) is 3. The number of hydrogen-bond donors (Lipinski definition) is 1. The SMILES string of the molecule is O=C(NC1CCCC1)C(c1cccs1)N(C(=O)c1csnn1)c1cccc(F)c1. The van der Waals surface area contributed by atoms with Crippen LogP contribution in [0, 0.1) is 5.82 Å². The molecule has 150 valence electrons. The summed E-state index contributed by atoms with van der Waals surface area (Å²) >= 11 is 2.42. The highest BCUT2D eigenvalue weighted by molar-refractivity contribution is 7.10. The highest BCUT2D eigenvalue weighted by Crippen LogP contribution is 2.33. The van der Waals surface area contributed by atoms with Gasteiger partial charge in [0.05, 0.1) is 0 Å². The van der Waals surface area contributed by atoms with E-state index in [0.29, 0.717) is 10.6 Å². The van der Waals surface area contributed by atoms with E-state index in [4.69, 9.17) is 0 Å². The molecule has 1 aromatic carbocycles. The van der Waals surface area contributed by atoms with Crippen molar-refractivity contribution in [1.82, 2.24) is 14.9 Å². The summed E-state index contributed by atoms with van der Waals surface area (Å²) in [6.07, 6.45) is 4.00. The first-order valence-corrected chi connectivity index (χ1v) is 11.0. The number of carbonyl (C=O) groups excluding carboxylic acids is 2. The predicted molar refractivity (Wildman–Crippen MR) is 111 cm³/mol. The van der Waals surface area contributed by atoms with Crippen molar-refractivity contribution in [2.45, 2.75) is 37.8 Å². The van der Waals surface area contributed by atoms with E-state index in [2.05, 4.69) is 14.9 Å². The van der Waals surface area contributed by atoms with Crippen molar-refractivity contribution >= 4 is 40.4 Å². The van der Waals surface area contributed by atoms with Crippen LogP contribution < -0.4 is 10.2 Å². The molecule has 1 N–H and O–H groups in total. The summed E-state index contributed by atoms with van der Waals surface area (Å²) in [6, 6.07) is 8.49. The van der Waals surface area contributed by atoms with E-state index >= 15 is 0 Å². The molecule has 1 fully saturated rings. The maximum atomic E-state index is 14.0. The van der Waals surface area contributed by atoms with Crippen LogP contribution in [0.3, 0.4) is 0 Å². The fraction of sp³-hybridized carbons (Fsp3) is 0.300. The highest BCUT2D eigenvalue weighted by atomic mass is 32.1. The number of rotatable bonds is 6. The smallest absolute Gasteiger partial charge is 0.280 e. The van der Waals surface area contributed by atoms with Gasteiger partial charge in [-0.25, -0.2) is 4.39 Å². The predicted octanol–water partition coefficient (Wildman–Crippen LogP) is 4.19. The molecule has 3 aromatic rings. The Morgan fingerprint density at radius 2 is 2.03 bits per heavy atom. The van der Waals surface area contributed by atoms with E-state index < -0.39 is 17.8 Å². The van der Waals surface area contributed by atoms with Crippen LogP contribution in [-0.2, 0) is 4.79 Å². The number of thiophene rings is 1. The lowest BCUT2D eigenvalue weighted by atomic mass is 10.1. The third-order valence-corrected chi connectivity index (χ3v) is 6.33. The molecule has 1 aliphatic carbocycles. The van der Waals surface area contributed by atoms with Crippen molar-refractivity contribution in [3.63, 3.8) is 0 Å². The Morgan fingerprint density at radius 1 is 1.21 bits per heavy atom. The molecular weight excluding hydrogens is 411 g/mol. The molecule has 1 aliphatic rings. The molecule has 0 bridgehead atoms. The van der Waals surface area contributed by atoms with E-state index in [0.717, 1.165) is 37.2 Å². The minimum absolute atomic E-state index is 0.0929. The molecule has 2 amide bonds. The summed E-state index contributed by atoms with van der Waals surface area (Å²) in [7, 11) is 0. The monoisotopic (exact) mass is 430 g/mol. The second-order valence-corrected chi connectivity index (χ2v) is 8.44.